The summed E-state index contributed by atoms with van der Waals surface area (Å²) in [4.78, 5) is -0.222. The zero-order valence-electron chi connectivity index (χ0n) is 10.2. The fraction of sp³-hybridized carbons (Fsp3) is 0.455. The number of hydrogen-bond donors (Lipinski definition) is 0. The van der Waals surface area contributed by atoms with Crippen molar-refractivity contribution in [3.63, 3.8) is 0 Å². The van der Waals surface area contributed by atoms with Crippen LogP contribution in [0.25, 0.3) is 0 Å². The van der Waals surface area contributed by atoms with Gasteiger partial charge in [-0.25, -0.2) is 12.8 Å². The van der Waals surface area contributed by atoms with Crippen LogP contribution in [0.15, 0.2) is 23.1 Å². The lowest BCUT2D eigenvalue weighted by atomic mass is 10.1. The summed E-state index contributed by atoms with van der Waals surface area (Å²) in [5, 5.41) is 0.455. The first kappa shape index (κ1) is 15.9. The van der Waals surface area contributed by atoms with E-state index in [1.807, 2.05) is 0 Å². The van der Waals surface area contributed by atoms with Crippen LogP contribution in [0.3, 0.4) is 0 Å². The quantitative estimate of drug-likeness (QED) is 0.775. The zero-order valence-corrected chi connectivity index (χ0v) is 13.4. The fourth-order valence-corrected chi connectivity index (χ4v) is 3.77. The minimum Gasteiger partial charge on any atom is -0.207 e. The van der Waals surface area contributed by atoms with Crippen LogP contribution in [0.4, 0.5) is 4.39 Å². The molecule has 0 spiro atoms. The Morgan fingerprint density at radius 1 is 1.44 bits per heavy atom. The molecule has 1 aromatic carbocycles. The highest BCUT2D eigenvalue weighted by Gasteiger charge is 2.34. The van der Waals surface area contributed by atoms with Crippen LogP contribution in [0, 0.1) is 5.82 Å². The van der Waals surface area contributed by atoms with E-state index in [0.29, 0.717) is 5.33 Å². The maximum Gasteiger partial charge on any atom is 0.244 e. The Kier molecular flexibility index (Phi) is 4.81. The molecule has 0 atom stereocenters. The summed E-state index contributed by atoms with van der Waals surface area (Å²) in [6.07, 6.45) is 0. The third kappa shape index (κ3) is 3.04. The van der Waals surface area contributed by atoms with E-state index in [2.05, 4.69) is 15.9 Å². The molecule has 0 saturated carbocycles. The van der Waals surface area contributed by atoms with Crippen molar-refractivity contribution in [1.29, 1.82) is 0 Å². The Bertz CT molecular complexity index is 548. The SMILES string of the molecule is CN(C(C)(C)CBr)S(=O)(=O)c1cc(F)ccc1Cl. The van der Waals surface area contributed by atoms with E-state index < -0.39 is 21.4 Å². The summed E-state index contributed by atoms with van der Waals surface area (Å²) >= 11 is 9.09. The predicted molar refractivity (Wildman–Crippen MR) is 74.2 cm³/mol. The highest BCUT2D eigenvalue weighted by atomic mass is 79.9. The molecule has 0 bridgehead atoms. The first-order valence-electron chi connectivity index (χ1n) is 5.13. The van der Waals surface area contributed by atoms with Gasteiger partial charge in [0.25, 0.3) is 0 Å². The second-order valence-corrected chi connectivity index (χ2v) is 7.40. The Balaban J connectivity index is 3.34. The van der Waals surface area contributed by atoms with Gasteiger partial charge in [0.15, 0.2) is 0 Å². The van der Waals surface area contributed by atoms with Crippen LogP contribution in [-0.2, 0) is 10.0 Å². The average molecular weight is 359 g/mol. The Morgan fingerprint density at radius 2 is 2.00 bits per heavy atom. The lowest BCUT2D eigenvalue weighted by Gasteiger charge is -2.33. The molecule has 0 aliphatic rings. The first-order chi connectivity index (χ1) is 8.13. The summed E-state index contributed by atoms with van der Waals surface area (Å²) in [5.41, 5.74) is -0.644. The third-order valence-electron chi connectivity index (χ3n) is 2.71. The molecule has 3 nitrogen and oxygen atoms in total. The van der Waals surface area contributed by atoms with Gasteiger partial charge in [-0.2, -0.15) is 4.31 Å². The normalized spacial score (nSPS) is 13.1. The van der Waals surface area contributed by atoms with Crippen molar-refractivity contribution in [3.8, 4) is 0 Å². The van der Waals surface area contributed by atoms with Crippen molar-refractivity contribution >= 4 is 37.6 Å². The maximum absolute atomic E-state index is 13.2. The van der Waals surface area contributed by atoms with Crippen LogP contribution >= 0.6 is 27.5 Å². The Hall–Kier alpha value is -0.170. The molecule has 0 aliphatic heterocycles. The van der Waals surface area contributed by atoms with Gasteiger partial charge < -0.3 is 0 Å². The molecule has 1 rings (SSSR count). The van der Waals surface area contributed by atoms with E-state index in [4.69, 9.17) is 11.6 Å². The van der Waals surface area contributed by atoms with Crippen molar-refractivity contribution < 1.29 is 12.8 Å². The van der Waals surface area contributed by atoms with Gasteiger partial charge in [-0.1, -0.05) is 27.5 Å². The number of sulfonamides is 1. The van der Waals surface area contributed by atoms with Crippen molar-refractivity contribution in [1.82, 2.24) is 4.31 Å². The monoisotopic (exact) mass is 357 g/mol. The molecular weight excluding hydrogens is 345 g/mol. The molecule has 102 valence electrons. The van der Waals surface area contributed by atoms with Gasteiger partial charge in [0.2, 0.25) is 10.0 Å². The minimum atomic E-state index is -3.83. The van der Waals surface area contributed by atoms with E-state index in [1.54, 1.807) is 13.8 Å². The highest BCUT2D eigenvalue weighted by molar-refractivity contribution is 9.09. The number of nitrogens with zero attached hydrogens (tertiary/aromatic N) is 1. The third-order valence-corrected chi connectivity index (χ3v) is 6.63. The second-order valence-electron chi connectivity index (χ2n) is 4.49. The van der Waals surface area contributed by atoms with Gasteiger partial charge in [0, 0.05) is 17.9 Å². The van der Waals surface area contributed by atoms with E-state index in [0.717, 1.165) is 12.1 Å². The number of alkyl halides is 1. The second kappa shape index (κ2) is 5.45. The fourth-order valence-electron chi connectivity index (χ4n) is 1.23. The van der Waals surface area contributed by atoms with E-state index in [1.165, 1.54) is 17.4 Å². The molecule has 0 unspecified atom stereocenters. The predicted octanol–water partition coefficient (Wildman–Crippen LogP) is 3.27. The van der Waals surface area contributed by atoms with Crippen molar-refractivity contribution in [3.05, 3.63) is 29.0 Å². The van der Waals surface area contributed by atoms with Crippen molar-refractivity contribution in [2.24, 2.45) is 0 Å². The number of benzene rings is 1. The lowest BCUT2D eigenvalue weighted by molar-refractivity contribution is 0.299. The molecular formula is C11H14BrClFNO2S. The van der Waals surface area contributed by atoms with Gasteiger partial charge in [-0.3, -0.25) is 0 Å². The molecule has 7 heteroatoms. The van der Waals surface area contributed by atoms with E-state index in [-0.39, 0.29) is 9.92 Å². The minimum absolute atomic E-state index is 0.00798. The van der Waals surface area contributed by atoms with Gasteiger partial charge in [-0.15, -0.1) is 0 Å². The topological polar surface area (TPSA) is 37.4 Å². The molecule has 0 amide bonds. The standard InChI is InChI=1S/C11H14BrClFNO2S/c1-11(2,7-12)15(3)18(16,17)10-6-8(14)4-5-9(10)13/h4-6H,7H2,1-3H3. The summed E-state index contributed by atoms with van der Waals surface area (Å²) in [6.45, 7) is 3.51. The largest absolute Gasteiger partial charge is 0.244 e. The van der Waals surface area contributed by atoms with Crippen molar-refractivity contribution in [2.45, 2.75) is 24.3 Å². The van der Waals surface area contributed by atoms with Gasteiger partial charge in [0.1, 0.15) is 10.7 Å². The Morgan fingerprint density at radius 3 is 2.50 bits per heavy atom. The number of rotatable bonds is 4. The van der Waals surface area contributed by atoms with Crippen molar-refractivity contribution in [2.75, 3.05) is 12.4 Å². The lowest BCUT2D eigenvalue weighted by Crippen LogP contribution is -2.46. The summed E-state index contributed by atoms with van der Waals surface area (Å²) in [6, 6.07) is 3.29. The first-order valence-corrected chi connectivity index (χ1v) is 8.07. The zero-order chi connectivity index (χ0) is 14.1. The van der Waals surface area contributed by atoms with Crippen LogP contribution in [-0.4, -0.2) is 30.6 Å². The summed E-state index contributed by atoms with van der Waals surface area (Å²) in [7, 11) is -2.39. The molecule has 0 heterocycles. The van der Waals surface area contributed by atoms with Crippen LogP contribution in [0.1, 0.15) is 13.8 Å². The molecule has 0 aromatic heterocycles. The summed E-state index contributed by atoms with van der Waals surface area (Å²) in [5.74, 6) is -0.636. The van der Waals surface area contributed by atoms with Crippen LogP contribution in [0.2, 0.25) is 5.02 Å². The van der Waals surface area contributed by atoms with Gasteiger partial charge >= 0.3 is 0 Å². The molecule has 0 radical (unpaired) electrons. The van der Waals surface area contributed by atoms with E-state index in [9.17, 15) is 12.8 Å². The molecule has 0 saturated heterocycles. The highest BCUT2D eigenvalue weighted by Crippen LogP contribution is 2.29. The molecule has 0 aliphatic carbocycles. The van der Waals surface area contributed by atoms with E-state index >= 15 is 0 Å². The molecule has 1 aromatic rings. The number of hydrogen-bond acceptors (Lipinski definition) is 2. The maximum atomic E-state index is 13.2. The Labute approximate surface area is 120 Å². The van der Waals surface area contributed by atoms with Gasteiger partial charge in [0.05, 0.1) is 5.02 Å². The molecule has 0 fully saturated rings. The van der Waals surface area contributed by atoms with Crippen LogP contribution in [0.5, 0.6) is 0 Å². The number of halogens is 3. The average Bonchev–Trinajstić information content (AvgIpc) is 2.31. The van der Waals surface area contributed by atoms with Crippen LogP contribution < -0.4 is 0 Å². The van der Waals surface area contributed by atoms with Gasteiger partial charge in [-0.05, 0) is 32.0 Å². The summed E-state index contributed by atoms with van der Waals surface area (Å²) < 4.78 is 39.1. The molecule has 0 N–H and O–H groups in total. The molecule has 18 heavy (non-hydrogen) atoms. The smallest absolute Gasteiger partial charge is 0.207 e.